The fourth-order valence-corrected chi connectivity index (χ4v) is 36.1. The van der Waals surface area contributed by atoms with Crippen molar-refractivity contribution in [2.75, 3.05) is 0 Å². The Bertz CT molecular complexity index is 278. The molecule has 0 aromatic carbocycles. The predicted molar refractivity (Wildman–Crippen MR) is 113 cm³/mol. The third-order valence-electron chi connectivity index (χ3n) is 6.23. The first-order chi connectivity index (χ1) is 10.7. The van der Waals surface area contributed by atoms with Crippen LogP contribution in [-0.2, 0) is 6.91 Å². The van der Waals surface area contributed by atoms with E-state index in [0.717, 1.165) is 0 Å². The van der Waals surface area contributed by atoms with Crippen LogP contribution in [0.15, 0.2) is 0 Å². The minimum absolute atomic E-state index is 0.548. The first-order valence-corrected chi connectivity index (χ1v) is 22.7. The van der Waals surface area contributed by atoms with E-state index in [9.17, 15) is 0 Å². The van der Waals surface area contributed by atoms with Crippen molar-refractivity contribution in [3.05, 3.63) is 0 Å². The van der Waals surface area contributed by atoms with Gasteiger partial charge in [0.2, 0.25) is 0 Å². The van der Waals surface area contributed by atoms with Gasteiger partial charge in [-0.1, -0.05) is 0 Å². The molecule has 0 heterocycles. The van der Waals surface area contributed by atoms with Gasteiger partial charge in [-0.3, -0.25) is 0 Å². The second kappa shape index (κ2) is 10.4. The normalized spacial score (nSPS) is 14.1. The molecule has 0 rings (SSSR count). The molecule has 0 N–H and O–H groups in total. The molecular weight excluding hydrogens is 422 g/mol. The average Bonchev–Trinajstić information content (AvgIpc) is 2.56. The summed E-state index contributed by atoms with van der Waals surface area (Å²) in [6, 6.07) is 0. The first-order valence-electron chi connectivity index (χ1n) is 10.1. The van der Waals surface area contributed by atoms with Crippen LogP contribution >= 0.6 is 0 Å². The Labute approximate surface area is 154 Å². The fraction of sp³-hybridized carbons (Fsp3) is 1.00. The molecule has 23 heavy (non-hydrogen) atoms. The summed E-state index contributed by atoms with van der Waals surface area (Å²) in [5, 5.41) is 7.64. The van der Waals surface area contributed by atoms with Crippen LogP contribution < -0.4 is 0 Å². The average molecular weight is 466 g/mol. The van der Waals surface area contributed by atoms with Crippen molar-refractivity contribution in [3.8, 4) is 0 Å². The van der Waals surface area contributed by atoms with Gasteiger partial charge in [0.05, 0.1) is 0 Å². The van der Waals surface area contributed by atoms with Gasteiger partial charge in [0.15, 0.2) is 0 Å². The molecule has 2 nitrogen and oxygen atoms in total. The Hall–Kier alpha value is 1.22. The molecule has 0 aliphatic heterocycles. The summed E-state index contributed by atoms with van der Waals surface area (Å²) in [4.78, 5) is 0. The molecule has 5 heteroatoms. The number of hydrogen-bond acceptors (Lipinski definition) is 2. The van der Waals surface area contributed by atoms with E-state index in [1.54, 1.807) is 0 Å². The van der Waals surface area contributed by atoms with Crippen molar-refractivity contribution in [3.63, 3.8) is 0 Å². The summed E-state index contributed by atoms with van der Waals surface area (Å²) in [5.74, 6) is 0. The summed E-state index contributed by atoms with van der Waals surface area (Å²) >= 11 is -4.46. The summed E-state index contributed by atoms with van der Waals surface area (Å²) in [6.45, 7) is 23.6. The zero-order chi connectivity index (χ0) is 18.3. The third-order valence-corrected chi connectivity index (χ3v) is 36.6. The van der Waals surface area contributed by atoms with E-state index in [4.69, 9.17) is 6.91 Å². The molecule has 0 fully saturated rings. The molecule has 0 spiro atoms. The van der Waals surface area contributed by atoms with Crippen molar-refractivity contribution in [1.29, 1.82) is 0 Å². The molecule has 0 amide bonds. The van der Waals surface area contributed by atoms with Crippen LogP contribution in [0.4, 0.5) is 0 Å². The standard InChI is InChI=1S/C18H44Ge2O2Si/c1-11-19(12-2,13-3)21-23(17(7)8,18(9)10)22-20(14-4,15-5)16-6/h17-18H,11-16H2,1-10H3. The Kier molecular flexibility index (Phi) is 10.9. The Morgan fingerprint density at radius 2 is 0.783 bits per heavy atom. The number of rotatable bonds is 12. The molecule has 0 atom stereocenters. The van der Waals surface area contributed by atoms with E-state index in [1.807, 2.05) is 0 Å². The molecule has 0 aliphatic carbocycles. The van der Waals surface area contributed by atoms with Crippen LogP contribution in [-0.4, -0.2) is 35.8 Å². The molecule has 140 valence electrons. The fourth-order valence-electron chi connectivity index (χ4n) is 3.77. The second-order valence-electron chi connectivity index (χ2n) is 7.72. The zero-order valence-electron chi connectivity index (χ0n) is 17.7. The monoisotopic (exact) mass is 468 g/mol. The van der Waals surface area contributed by atoms with Gasteiger partial charge < -0.3 is 0 Å². The summed E-state index contributed by atoms with van der Waals surface area (Å²) in [5.41, 5.74) is 1.10. The maximum absolute atomic E-state index is 7.31. The minimum atomic E-state index is -2.23. The van der Waals surface area contributed by atoms with E-state index in [2.05, 4.69) is 69.2 Å². The molecule has 0 saturated heterocycles. The maximum atomic E-state index is 7.31. The molecule has 0 aromatic heterocycles. The summed E-state index contributed by atoms with van der Waals surface area (Å²) < 4.78 is 14.6. The SMILES string of the molecule is C[CH2][Ge]([CH2]C)([CH2]C)[O][Si]([O][Ge]([CH2]C)([CH2]C)[CH2]C)(C(C)C)C(C)C. The van der Waals surface area contributed by atoms with Gasteiger partial charge in [0.25, 0.3) is 0 Å². The molecule has 0 unspecified atom stereocenters. The quantitative estimate of drug-likeness (QED) is 0.282. The van der Waals surface area contributed by atoms with Crippen molar-refractivity contribution in [2.45, 2.75) is 112 Å². The van der Waals surface area contributed by atoms with Gasteiger partial charge in [-0.15, -0.1) is 0 Å². The number of hydrogen-bond donors (Lipinski definition) is 0. The molecule has 0 aliphatic rings. The van der Waals surface area contributed by atoms with Crippen molar-refractivity contribution >= 4 is 35.8 Å². The van der Waals surface area contributed by atoms with Gasteiger partial charge in [-0.25, -0.2) is 0 Å². The van der Waals surface area contributed by atoms with Crippen LogP contribution in [0, 0.1) is 0 Å². The van der Waals surface area contributed by atoms with Gasteiger partial charge in [0, 0.05) is 0 Å². The van der Waals surface area contributed by atoms with Crippen LogP contribution in [0.2, 0.25) is 42.6 Å². The Balaban J connectivity index is 5.93. The van der Waals surface area contributed by atoms with E-state index in [0.29, 0.717) is 11.1 Å². The summed E-state index contributed by atoms with van der Waals surface area (Å²) in [7, 11) is -2.18. The van der Waals surface area contributed by atoms with E-state index in [-0.39, 0.29) is 0 Å². The van der Waals surface area contributed by atoms with Gasteiger partial charge >= 0.3 is 155 Å². The molecular formula is C18H44Ge2O2Si. The molecule has 0 bridgehead atoms. The molecule has 0 aromatic rings. The zero-order valence-corrected chi connectivity index (χ0v) is 22.9. The Morgan fingerprint density at radius 1 is 0.565 bits per heavy atom. The van der Waals surface area contributed by atoms with E-state index < -0.39 is 35.8 Å². The van der Waals surface area contributed by atoms with E-state index in [1.165, 1.54) is 31.5 Å². The predicted octanol–water partition coefficient (Wildman–Crippen LogP) is 7.29. The summed E-state index contributed by atoms with van der Waals surface area (Å²) in [6.07, 6.45) is 0. The third kappa shape index (κ3) is 5.60. The topological polar surface area (TPSA) is 18.5 Å². The van der Waals surface area contributed by atoms with Crippen molar-refractivity contribution < 1.29 is 6.91 Å². The molecule has 0 radical (unpaired) electrons. The van der Waals surface area contributed by atoms with Crippen LogP contribution in [0.5, 0.6) is 0 Å². The van der Waals surface area contributed by atoms with Crippen LogP contribution in [0.25, 0.3) is 0 Å². The van der Waals surface area contributed by atoms with E-state index >= 15 is 0 Å². The van der Waals surface area contributed by atoms with Gasteiger partial charge in [0.1, 0.15) is 0 Å². The first kappa shape index (κ1) is 24.2. The van der Waals surface area contributed by atoms with Gasteiger partial charge in [-0.2, -0.15) is 0 Å². The van der Waals surface area contributed by atoms with Crippen LogP contribution in [0.1, 0.15) is 69.2 Å². The van der Waals surface area contributed by atoms with Crippen LogP contribution in [0.3, 0.4) is 0 Å². The van der Waals surface area contributed by atoms with Crippen molar-refractivity contribution in [2.24, 2.45) is 0 Å². The van der Waals surface area contributed by atoms with Gasteiger partial charge in [-0.05, 0) is 0 Å². The Morgan fingerprint density at radius 3 is 0.913 bits per heavy atom. The molecule has 0 saturated carbocycles. The van der Waals surface area contributed by atoms with Crippen molar-refractivity contribution in [1.82, 2.24) is 0 Å². The second-order valence-corrected chi connectivity index (χ2v) is 33.3.